The molecule has 7 nitrogen and oxygen atoms in total. The Morgan fingerprint density at radius 1 is 0.632 bits per heavy atom. The highest BCUT2D eigenvalue weighted by atomic mass is 31.2. The lowest BCUT2D eigenvalue weighted by atomic mass is 9.59. The minimum atomic E-state index is -4.19. The highest BCUT2D eigenvalue weighted by Gasteiger charge is 2.63. The van der Waals surface area contributed by atoms with E-state index in [0.717, 1.165) is 45.6 Å². The van der Waals surface area contributed by atoms with Crippen molar-refractivity contribution in [1.29, 1.82) is 0 Å². The van der Waals surface area contributed by atoms with Gasteiger partial charge in [-0.25, -0.2) is 0 Å². The maximum atomic E-state index is 11.6. The summed E-state index contributed by atoms with van der Waals surface area (Å²) in [5, 5.41) is 0. The van der Waals surface area contributed by atoms with Crippen LogP contribution in [0.25, 0.3) is 0 Å². The largest absolute Gasteiger partial charge is 0.756 e. The third-order valence-corrected chi connectivity index (χ3v) is 13.7. The van der Waals surface area contributed by atoms with Crippen molar-refractivity contribution in [2.45, 2.75) is 231 Å². The molecule has 0 aromatic heterocycles. The van der Waals surface area contributed by atoms with Gasteiger partial charge in [-0.2, -0.15) is 0 Å². The van der Waals surface area contributed by atoms with Crippen LogP contribution in [-0.2, 0) is 23.1 Å². The van der Waals surface area contributed by atoms with Gasteiger partial charge in [0.05, 0.1) is 18.8 Å². The summed E-state index contributed by atoms with van der Waals surface area (Å²) in [5.74, 6) is -0.383. The fourth-order valence-corrected chi connectivity index (χ4v) is 9.78. The van der Waals surface area contributed by atoms with E-state index in [1.54, 1.807) is 0 Å². The Morgan fingerprint density at radius 2 is 1.04 bits per heavy atom. The van der Waals surface area contributed by atoms with Gasteiger partial charge in [-0.3, -0.25) is 4.57 Å². The van der Waals surface area contributed by atoms with E-state index >= 15 is 0 Å². The van der Waals surface area contributed by atoms with Crippen molar-refractivity contribution >= 4 is 7.82 Å². The molecule has 0 radical (unpaired) electrons. The van der Waals surface area contributed by atoms with Crippen molar-refractivity contribution in [1.82, 2.24) is 4.90 Å². The first kappa shape index (κ1) is 50.3. The number of phosphoric ester groups is 1. The first-order valence-corrected chi connectivity index (χ1v) is 25.4. The van der Waals surface area contributed by atoms with E-state index in [1.165, 1.54) is 154 Å². The standard InChI is InChI=1S/C49H88NO6P/c1-5-7-9-11-13-15-17-19-21-23-25-27-29-31-33-35-37-48(38-36-34-32-30-28-26-24-22-20-18-16-14-12-10-8-6-2)43-49(44-48)55-46-41-45(42-47(46)56-49)50(3)39-40-54-57(51,52)53-4/h13-16,19-22,45-47H,5-12,17-18,23-44H2,1-4H3,(H,51,52)/p-1/b15-13-,16-14-,21-19-,22-20-/t45?,46-,47+. The zero-order valence-electron chi connectivity index (χ0n) is 37.3. The molecule has 3 fully saturated rings. The van der Waals surface area contributed by atoms with E-state index in [1.807, 2.05) is 7.05 Å². The Kier molecular flexibility index (Phi) is 26.5. The Labute approximate surface area is 351 Å². The minimum Gasteiger partial charge on any atom is -0.756 e. The normalized spacial score (nSPS) is 22.6. The molecule has 1 spiro atoms. The molecular weight excluding hydrogens is 730 g/mol. The molecule has 4 atom stereocenters. The lowest BCUT2D eigenvalue weighted by molar-refractivity contribution is -0.281. The lowest BCUT2D eigenvalue weighted by Gasteiger charge is -2.54. The summed E-state index contributed by atoms with van der Waals surface area (Å²) in [5.41, 5.74) is 0.365. The summed E-state index contributed by atoms with van der Waals surface area (Å²) in [6.07, 6.45) is 56.7. The van der Waals surface area contributed by atoms with Gasteiger partial charge >= 0.3 is 0 Å². The summed E-state index contributed by atoms with van der Waals surface area (Å²) in [6.45, 7) is 5.14. The maximum Gasteiger partial charge on any atom is 0.267 e. The van der Waals surface area contributed by atoms with Gasteiger partial charge in [0.25, 0.3) is 7.82 Å². The van der Waals surface area contributed by atoms with Gasteiger partial charge in [-0.1, -0.05) is 152 Å². The third kappa shape index (κ3) is 21.3. The number of unbranched alkanes of at least 4 members (excludes halogenated alkanes) is 18. The molecule has 2 aliphatic carbocycles. The summed E-state index contributed by atoms with van der Waals surface area (Å²) in [7, 11) is -1.03. The SMILES string of the molecule is CCCCC/C=C\C/C=C\CCCCCCCCC1(CCCCCCCC/C=C\C/C=C\CCCCC)CC2(C1)O[C@H]1CC(N(C)CCOP(=O)([O-])OC)C[C@H]1O2. The number of hydrogen-bond acceptors (Lipinski definition) is 7. The molecule has 0 bridgehead atoms. The van der Waals surface area contributed by atoms with Gasteiger partial charge in [0.1, 0.15) is 0 Å². The monoisotopic (exact) mass is 817 g/mol. The van der Waals surface area contributed by atoms with Crippen LogP contribution >= 0.6 is 7.82 Å². The van der Waals surface area contributed by atoms with Crippen LogP contribution in [0.1, 0.15) is 206 Å². The second-order valence-electron chi connectivity index (χ2n) is 17.8. The van der Waals surface area contributed by atoms with Crippen LogP contribution in [0.3, 0.4) is 0 Å². The van der Waals surface area contributed by atoms with Gasteiger partial charge in [-0.05, 0) is 102 Å². The molecule has 1 saturated heterocycles. The molecule has 57 heavy (non-hydrogen) atoms. The molecule has 3 rings (SSSR count). The molecule has 1 aliphatic heterocycles. The number of likely N-dealkylation sites (N-methyl/N-ethyl adjacent to an activating group) is 1. The predicted molar refractivity (Wildman–Crippen MR) is 238 cm³/mol. The molecule has 0 aromatic carbocycles. The van der Waals surface area contributed by atoms with Crippen LogP contribution in [0.2, 0.25) is 0 Å². The Balaban J connectivity index is 1.32. The molecule has 1 heterocycles. The van der Waals surface area contributed by atoms with E-state index in [-0.39, 0.29) is 24.6 Å². The zero-order chi connectivity index (χ0) is 40.9. The van der Waals surface area contributed by atoms with Crippen molar-refractivity contribution in [2.75, 3.05) is 27.3 Å². The summed E-state index contributed by atoms with van der Waals surface area (Å²) >= 11 is 0. The lowest BCUT2D eigenvalue weighted by Crippen LogP contribution is -2.53. The van der Waals surface area contributed by atoms with Gasteiger partial charge in [0, 0.05) is 32.5 Å². The highest BCUT2D eigenvalue weighted by molar-refractivity contribution is 7.45. The summed E-state index contributed by atoms with van der Waals surface area (Å²) in [6, 6.07) is 0.302. The van der Waals surface area contributed by atoms with Crippen molar-refractivity contribution in [3.8, 4) is 0 Å². The topological polar surface area (TPSA) is 80.3 Å². The van der Waals surface area contributed by atoms with Crippen molar-refractivity contribution in [2.24, 2.45) is 5.41 Å². The molecule has 0 amide bonds. The molecular formula is C49H87NO6P-. The predicted octanol–water partition coefficient (Wildman–Crippen LogP) is 13.9. The highest BCUT2D eigenvalue weighted by Crippen LogP contribution is 2.61. The van der Waals surface area contributed by atoms with Gasteiger partial charge in [0.15, 0.2) is 5.79 Å². The fraction of sp³-hybridized carbons (Fsp3) is 0.837. The number of rotatable bonds is 36. The van der Waals surface area contributed by atoms with Crippen LogP contribution in [0, 0.1) is 5.41 Å². The molecule has 2 unspecified atom stereocenters. The molecule has 330 valence electrons. The average Bonchev–Trinajstić information content (AvgIpc) is 3.74. The molecule has 2 saturated carbocycles. The zero-order valence-corrected chi connectivity index (χ0v) is 38.2. The number of hydrogen-bond donors (Lipinski definition) is 0. The van der Waals surface area contributed by atoms with Gasteiger partial charge < -0.3 is 28.3 Å². The van der Waals surface area contributed by atoms with E-state index in [0.29, 0.717) is 18.0 Å². The number of nitrogens with zero attached hydrogens (tertiary/aromatic N) is 1. The minimum absolute atomic E-state index is 0.0918. The molecule has 0 N–H and O–H groups in total. The quantitative estimate of drug-likeness (QED) is 0.0354. The van der Waals surface area contributed by atoms with Crippen LogP contribution in [0.4, 0.5) is 0 Å². The molecule has 8 heteroatoms. The van der Waals surface area contributed by atoms with Gasteiger partial charge in [-0.15, -0.1) is 0 Å². The number of allylic oxidation sites excluding steroid dienone is 8. The van der Waals surface area contributed by atoms with Crippen LogP contribution in [0.15, 0.2) is 48.6 Å². The van der Waals surface area contributed by atoms with Crippen LogP contribution < -0.4 is 4.89 Å². The smallest absolute Gasteiger partial charge is 0.267 e. The maximum absolute atomic E-state index is 11.6. The number of ether oxygens (including phenoxy) is 2. The second-order valence-corrected chi connectivity index (χ2v) is 19.3. The third-order valence-electron chi connectivity index (χ3n) is 12.8. The Bertz CT molecular complexity index is 1110. The van der Waals surface area contributed by atoms with Crippen LogP contribution in [-0.4, -0.2) is 56.2 Å². The second kappa shape index (κ2) is 30.1. The van der Waals surface area contributed by atoms with Crippen LogP contribution in [0.5, 0.6) is 0 Å². The number of fused-ring (bicyclic) bond motifs is 1. The first-order chi connectivity index (χ1) is 27.8. The average molecular weight is 817 g/mol. The molecule has 0 aromatic rings. The van der Waals surface area contributed by atoms with E-state index in [4.69, 9.17) is 14.0 Å². The van der Waals surface area contributed by atoms with Crippen molar-refractivity contribution in [3.05, 3.63) is 48.6 Å². The fourth-order valence-electron chi connectivity index (χ4n) is 9.37. The first-order valence-electron chi connectivity index (χ1n) is 23.9. The van der Waals surface area contributed by atoms with E-state index in [2.05, 4.69) is 71.9 Å². The van der Waals surface area contributed by atoms with Crippen molar-refractivity contribution in [3.63, 3.8) is 0 Å². The Morgan fingerprint density at radius 3 is 1.46 bits per heavy atom. The summed E-state index contributed by atoms with van der Waals surface area (Å²) in [4.78, 5) is 13.7. The summed E-state index contributed by atoms with van der Waals surface area (Å²) < 4.78 is 34.5. The van der Waals surface area contributed by atoms with E-state index in [9.17, 15) is 9.46 Å². The van der Waals surface area contributed by atoms with E-state index < -0.39 is 7.82 Å². The Hall–Kier alpha value is -1.05. The number of phosphoric acid groups is 1. The van der Waals surface area contributed by atoms with Crippen molar-refractivity contribution < 1.29 is 28.0 Å². The van der Waals surface area contributed by atoms with Gasteiger partial charge in [0.2, 0.25) is 0 Å². The molecule has 3 aliphatic rings.